The average molecular weight is 263 g/mol. The van der Waals surface area contributed by atoms with Crippen molar-refractivity contribution >= 4 is 0 Å². The average Bonchev–Trinajstić information content (AvgIpc) is 2.34. The van der Waals surface area contributed by atoms with Crippen molar-refractivity contribution in [3.05, 3.63) is 29.6 Å². The molecule has 1 aromatic heterocycles. The summed E-state index contributed by atoms with van der Waals surface area (Å²) in [6.07, 6.45) is 0. The van der Waals surface area contributed by atoms with Gasteiger partial charge in [0.25, 0.3) is 0 Å². The molecule has 19 heavy (non-hydrogen) atoms. The van der Waals surface area contributed by atoms with Crippen LogP contribution in [0.2, 0.25) is 0 Å². The molecular formula is C16H29N3. The molecule has 0 bridgehead atoms. The van der Waals surface area contributed by atoms with Gasteiger partial charge in [-0.15, -0.1) is 0 Å². The van der Waals surface area contributed by atoms with Crippen molar-refractivity contribution in [3.8, 4) is 0 Å². The Kier molecular flexibility index (Phi) is 6.46. The maximum absolute atomic E-state index is 4.57. The first-order valence-electron chi connectivity index (χ1n) is 7.26. The van der Waals surface area contributed by atoms with Crippen molar-refractivity contribution in [2.24, 2.45) is 5.92 Å². The number of aromatic nitrogens is 1. The van der Waals surface area contributed by atoms with Crippen molar-refractivity contribution in [3.63, 3.8) is 0 Å². The van der Waals surface area contributed by atoms with Crippen molar-refractivity contribution in [2.75, 3.05) is 13.6 Å². The van der Waals surface area contributed by atoms with E-state index in [1.54, 1.807) is 0 Å². The zero-order valence-electron chi connectivity index (χ0n) is 13.3. The van der Waals surface area contributed by atoms with Gasteiger partial charge in [-0.1, -0.05) is 26.8 Å². The number of nitrogens with zero attached hydrogens (tertiary/aromatic N) is 2. The van der Waals surface area contributed by atoms with Gasteiger partial charge in [-0.25, -0.2) is 0 Å². The van der Waals surface area contributed by atoms with Gasteiger partial charge in [0.2, 0.25) is 0 Å². The molecule has 1 N–H and O–H groups in total. The number of hydrogen-bond acceptors (Lipinski definition) is 3. The van der Waals surface area contributed by atoms with Crippen LogP contribution in [0.15, 0.2) is 18.2 Å². The quantitative estimate of drug-likeness (QED) is 0.820. The van der Waals surface area contributed by atoms with Crippen LogP contribution in [0.3, 0.4) is 0 Å². The fourth-order valence-corrected chi connectivity index (χ4v) is 2.11. The maximum atomic E-state index is 4.57. The Morgan fingerprint density at radius 1 is 1.21 bits per heavy atom. The summed E-state index contributed by atoms with van der Waals surface area (Å²) in [5.74, 6) is 0.622. The Morgan fingerprint density at radius 3 is 2.47 bits per heavy atom. The molecule has 0 saturated carbocycles. The molecule has 0 aliphatic heterocycles. The van der Waals surface area contributed by atoms with E-state index in [-0.39, 0.29) is 0 Å². The second-order valence-electron chi connectivity index (χ2n) is 5.97. The topological polar surface area (TPSA) is 28.2 Å². The lowest BCUT2D eigenvalue weighted by Gasteiger charge is -2.30. The summed E-state index contributed by atoms with van der Waals surface area (Å²) in [6.45, 7) is 13.0. The maximum Gasteiger partial charge on any atom is 0.0547 e. The van der Waals surface area contributed by atoms with Gasteiger partial charge < -0.3 is 5.32 Å². The SMILES string of the molecule is Cc1cccc(CN(C)C(C)C(C)CNC(C)C)n1. The minimum absolute atomic E-state index is 0.536. The highest BCUT2D eigenvalue weighted by molar-refractivity contribution is 5.09. The minimum atomic E-state index is 0.536. The summed E-state index contributed by atoms with van der Waals surface area (Å²) in [4.78, 5) is 6.96. The number of aryl methyl sites for hydroxylation is 1. The van der Waals surface area contributed by atoms with Crippen molar-refractivity contribution in [1.82, 2.24) is 15.2 Å². The molecule has 1 heterocycles. The van der Waals surface area contributed by atoms with Crippen LogP contribution in [0, 0.1) is 12.8 Å². The molecule has 0 radical (unpaired) electrons. The number of rotatable bonds is 7. The Bertz CT molecular complexity index is 376. The molecule has 0 spiro atoms. The lowest BCUT2D eigenvalue weighted by atomic mass is 10.0. The minimum Gasteiger partial charge on any atom is -0.314 e. The van der Waals surface area contributed by atoms with E-state index < -0.39 is 0 Å². The Hall–Kier alpha value is -0.930. The molecule has 1 aromatic rings. The fraction of sp³-hybridized carbons (Fsp3) is 0.688. The summed E-state index contributed by atoms with van der Waals surface area (Å²) >= 11 is 0. The highest BCUT2D eigenvalue weighted by Gasteiger charge is 2.17. The summed E-state index contributed by atoms with van der Waals surface area (Å²) in [7, 11) is 2.18. The van der Waals surface area contributed by atoms with Gasteiger partial charge in [-0.2, -0.15) is 0 Å². The van der Waals surface area contributed by atoms with Crippen molar-refractivity contribution in [1.29, 1.82) is 0 Å². The molecule has 108 valence electrons. The normalized spacial score (nSPS) is 14.9. The largest absolute Gasteiger partial charge is 0.314 e. The van der Waals surface area contributed by atoms with Crippen LogP contribution >= 0.6 is 0 Å². The Balaban J connectivity index is 2.50. The third kappa shape index (κ3) is 5.70. The lowest BCUT2D eigenvalue weighted by Crippen LogP contribution is -2.40. The monoisotopic (exact) mass is 263 g/mol. The summed E-state index contributed by atoms with van der Waals surface area (Å²) in [6, 6.07) is 7.32. The molecule has 0 amide bonds. The molecule has 3 heteroatoms. The molecule has 0 aliphatic rings. The smallest absolute Gasteiger partial charge is 0.0547 e. The van der Waals surface area contributed by atoms with Crippen LogP contribution in [0.5, 0.6) is 0 Å². The Labute approximate surface area is 118 Å². The molecule has 1 rings (SSSR count). The van der Waals surface area contributed by atoms with Gasteiger partial charge in [0.1, 0.15) is 0 Å². The molecule has 2 unspecified atom stereocenters. The van der Waals surface area contributed by atoms with Gasteiger partial charge in [-0.3, -0.25) is 9.88 Å². The standard InChI is InChI=1S/C16H29N3/c1-12(2)17-10-13(3)15(5)19(6)11-16-9-7-8-14(4)18-16/h7-9,12-13,15,17H,10-11H2,1-6H3. The first-order chi connectivity index (χ1) is 8.90. The molecule has 0 saturated heterocycles. The predicted octanol–water partition coefficient (Wildman–Crippen LogP) is 2.84. The molecule has 0 aromatic carbocycles. The van der Waals surface area contributed by atoms with Crippen molar-refractivity contribution < 1.29 is 0 Å². The van der Waals surface area contributed by atoms with Crippen LogP contribution in [-0.4, -0.2) is 35.6 Å². The van der Waals surface area contributed by atoms with Crippen LogP contribution < -0.4 is 5.32 Å². The second kappa shape index (κ2) is 7.61. The van der Waals surface area contributed by atoms with Gasteiger partial charge in [0.05, 0.1) is 5.69 Å². The molecule has 2 atom stereocenters. The van der Waals surface area contributed by atoms with Gasteiger partial charge in [0, 0.05) is 24.3 Å². The van der Waals surface area contributed by atoms with Crippen LogP contribution in [0.4, 0.5) is 0 Å². The van der Waals surface area contributed by atoms with E-state index in [2.05, 4.69) is 62.1 Å². The lowest BCUT2D eigenvalue weighted by molar-refractivity contribution is 0.185. The summed E-state index contributed by atoms with van der Waals surface area (Å²) < 4.78 is 0. The van der Waals surface area contributed by atoms with Crippen molar-refractivity contribution in [2.45, 2.75) is 53.2 Å². The first-order valence-corrected chi connectivity index (χ1v) is 7.26. The highest BCUT2D eigenvalue weighted by Crippen LogP contribution is 2.12. The number of nitrogens with one attached hydrogen (secondary N) is 1. The zero-order chi connectivity index (χ0) is 14.4. The molecule has 0 fully saturated rings. The molecular weight excluding hydrogens is 234 g/mol. The number of hydrogen-bond donors (Lipinski definition) is 1. The second-order valence-corrected chi connectivity index (χ2v) is 5.97. The van der Waals surface area contributed by atoms with Gasteiger partial charge >= 0.3 is 0 Å². The summed E-state index contributed by atoms with van der Waals surface area (Å²) in [5, 5.41) is 3.51. The van der Waals surface area contributed by atoms with E-state index in [0.29, 0.717) is 18.0 Å². The van der Waals surface area contributed by atoms with E-state index in [0.717, 1.165) is 24.5 Å². The third-order valence-electron chi connectivity index (χ3n) is 3.72. The van der Waals surface area contributed by atoms with E-state index in [4.69, 9.17) is 0 Å². The van der Waals surface area contributed by atoms with Crippen LogP contribution in [-0.2, 0) is 6.54 Å². The molecule has 0 aliphatic carbocycles. The van der Waals surface area contributed by atoms with Gasteiger partial charge in [0.15, 0.2) is 0 Å². The van der Waals surface area contributed by atoms with E-state index in [1.165, 1.54) is 0 Å². The third-order valence-corrected chi connectivity index (χ3v) is 3.72. The Morgan fingerprint density at radius 2 is 1.89 bits per heavy atom. The van der Waals surface area contributed by atoms with E-state index >= 15 is 0 Å². The van der Waals surface area contributed by atoms with E-state index in [9.17, 15) is 0 Å². The zero-order valence-corrected chi connectivity index (χ0v) is 13.3. The van der Waals surface area contributed by atoms with Crippen LogP contribution in [0.25, 0.3) is 0 Å². The van der Waals surface area contributed by atoms with E-state index in [1.807, 2.05) is 13.0 Å². The predicted molar refractivity (Wildman–Crippen MR) is 82.2 cm³/mol. The van der Waals surface area contributed by atoms with Crippen LogP contribution in [0.1, 0.15) is 39.1 Å². The first kappa shape index (κ1) is 16.1. The fourth-order valence-electron chi connectivity index (χ4n) is 2.11. The highest BCUT2D eigenvalue weighted by atomic mass is 15.1. The summed E-state index contributed by atoms with van der Waals surface area (Å²) in [5.41, 5.74) is 2.24. The molecule has 3 nitrogen and oxygen atoms in total. The number of pyridine rings is 1. The van der Waals surface area contributed by atoms with Gasteiger partial charge in [-0.05, 0) is 45.5 Å².